The average molecular weight is 207 g/mol. The normalized spacial score (nSPS) is 12.1. The van der Waals surface area contributed by atoms with Crippen LogP contribution < -0.4 is 5.32 Å². The molecule has 1 amide bonds. The minimum absolute atomic E-state index is 0.0546. The molecule has 0 aliphatic rings. The van der Waals surface area contributed by atoms with Crippen LogP contribution in [0.15, 0.2) is 30.3 Å². The van der Waals surface area contributed by atoms with Crippen molar-refractivity contribution in [3.8, 4) is 0 Å². The number of hydrogen-bond donors (Lipinski definition) is 2. The maximum Gasteiger partial charge on any atom is 0.251 e. The van der Waals surface area contributed by atoms with E-state index in [4.69, 9.17) is 5.11 Å². The molecule has 1 atom stereocenters. The van der Waals surface area contributed by atoms with Crippen molar-refractivity contribution in [1.29, 1.82) is 0 Å². The lowest BCUT2D eigenvalue weighted by Gasteiger charge is -2.12. The minimum Gasteiger partial charge on any atom is -0.396 e. The predicted molar refractivity (Wildman–Crippen MR) is 59.7 cm³/mol. The second kappa shape index (κ2) is 6.19. The zero-order valence-electron chi connectivity index (χ0n) is 8.94. The number of nitrogens with one attached hydrogen (secondary N) is 1. The first-order chi connectivity index (χ1) is 7.24. The van der Waals surface area contributed by atoms with Crippen LogP contribution in [-0.2, 0) is 0 Å². The van der Waals surface area contributed by atoms with Crippen molar-refractivity contribution in [3.05, 3.63) is 35.9 Å². The second-order valence-electron chi connectivity index (χ2n) is 3.61. The Hall–Kier alpha value is -1.35. The summed E-state index contributed by atoms with van der Waals surface area (Å²) in [6.45, 7) is 2.11. The van der Waals surface area contributed by atoms with Gasteiger partial charge in [-0.3, -0.25) is 4.79 Å². The van der Waals surface area contributed by atoms with Crippen molar-refractivity contribution in [1.82, 2.24) is 5.32 Å². The molecule has 0 aliphatic carbocycles. The molecule has 0 heterocycles. The van der Waals surface area contributed by atoms with Crippen LogP contribution >= 0.6 is 0 Å². The van der Waals surface area contributed by atoms with Gasteiger partial charge in [-0.2, -0.15) is 0 Å². The topological polar surface area (TPSA) is 49.3 Å². The standard InChI is InChI=1S/C12H17NO2/c1-10(6-5-9-14)13-12(15)11-7-3-2-4-8-11/h2-4,7-8,10,14H,5-6,9H2,1H3,(H,13,15). The molecule has 0 spiro atoms. The molecule has 3 heteroatoms. The molecule has 0 saturated carbocycles. The molecule has 3 nitrogen and oxygen atoms in total. The number of aliphatic hydroxyl groups excluding tert-OH is 1. The van der Waals surface area contributed by atoms with Gasteiger partial charge in [-0.1, -0.05) is 18.2 Å². The first-order valence-corrected chi connectivity index (χ1v) is 5.21. The lowest BCUT2D eigenvalue weighted by Crippen LogP contribution is -2.32. The van der Waals surface area contributed by atoms with Gasteiger partial charge in [0, 0.05) is 18.2 Å². The molecule has 82 valence electrons. The zero-order chi connectivity index (χ0) is 11.1. The molecule has 15 heavy (non-hydrogen) atoms. The molecular formula is C12H17NO2. The fourth-order valence-electron chi connectivity index (χ4n) is 1.37. The van der Waals surface area contributed by atoms with Gasteiger partial charge in [-0.05, 0) is 31.9 Å². The molecular weight excluding hydrogens is 190 g/mol. The molecule has 1 unspecified atom stereocenters. The van der Waals surface area contributed by atoms with E-state index >= 15 is 0 Å². The Labute approximate surface area is 90.1 Å². The Balaban J connectivity index is 2.42. The third kappa shape index (κ3) is 4.13. The van der Waals surface area contributed by atoms with Crippen LogP contribution in [0.2, 0.25) is 0 Å². The maximum absolute atomic E-state index is 11.6. The number of amides is 1. The smallest absolute Gasteiger partial charge is 0.251 e. The minimum atomic E-state index is -0.0546. The summed E-state index contributed by atoms with van der Waals surface area (Å²) >= 11 is 0. The van der Waals surface area contributed by atoms with Gasteiger partial charge in [0.2, 0.25) is 0 Å². The van der Waals surface area contributed by atoms with Gasteiger partial charge in [-0.25, -0.2) is 0 Å². The van der Waals surface area contributed by atoms with Gasteiger partial charge in [0.05, 0.1) is 0 Å². The van der Waals surface area contributed by atoms with Crippen LogP contribution in [0, 0.1) is 0 Å². The van der Waals surface area contributed by atoms with Crippen LogP contribution in [-0.4, -0.2) is 23.7 Å². The van der Waals surface area contributed by atoms with Gasteiger partial charge < -0.3 is 10.4 Å². The highest BCUT2D eigenvalue weighted by molar-refractivity contribution is 5.94. The second-order valence-corrected chi connectivity index (χ2v) is 3.61. The maximum atomic E-state index is 11.6. The lowest BCUT2D eigenvalue weighted by molar-refractivity contribution is 0.0936. The van der Waals surface area contributed by atoms with E-state index in [2.05, 4.69) is 5.32 Å². The molecule has 0 radical (unpaired) electrons. The molecule has 2 N–H and O–H groups in total. The third-order valence-corrected chi connectivity index (χ3v) is 2.21. The SMILES string of the molecule is CC(CCCO)NC(=O)c1ccccc1. The fourth-order valence-corrected chi connectivity index (χ4v) is 1.37. The van der Waals surface area contributed by atoms with Crippen LogP contribution in [0.5, 0.6) is 0 Å². The van der Waals surface area contributed by atoms with Crippen LogP contribution in [0.4, 0.5) is 0 Å². The summed E-state index contributed by atoms with van der Waals surface area (Å²) in [4.78, 5) is 11.6. The van der Waals surface area contributed by atoms with Crippen LogP contribution in [0.25, 0.3) is 0 Å². The van der Waals surface area contributed by atoms with Crippen LogP contribution in [0.3, 0.4) is 0 Å². The van der Waals surface area contributed by atoms with Crippen LogP contribution in [0.1, 0.15) is 30.1 Å². The first kappa shape index (κ1) is 11.7. The number of hydrogen-bond acceptors (Lipinski definition) is 2. The molecule has 0 fully saturated rings. The van der Waals surface area contributed by atoms with Crippen molar-refractivity contribution in [2.24, 2.45) is 0 Å². The van der Waals surface area contributed by atoms with E-state index in [-0.39, 0.29) is 18.6 Å². The fraction of sp³-hybridized carbons (Fsp3) is 0.417. The zero-order valence-corrected chi connectivity index (χ0v) is 8.94. The highest BCUT2D eigenvalue weighted by Gasteiger charge is 2.08. The Morgan fingerprint density at radius 2 is 2.07 bits per heavy atom. The monoisotopic (exact) mass is 207 g/mol. The molecule has 1 aromatic rings. The molecule has 1 rings (SSSR count). The Morgan fingerprint density at radius 3 is 2.67 bits per heavy atom. The first-order valence-electron chi connectivity index (χ1n) is 5.21. The summed E-state index contributed by atoms with van der Waals surface area (Å²) in [6, 6.07) is 9.24. The molecule has 0 bridgehead atoms. The van der Waals surface area contributed by atoms with E-state index in [1.165, 1.54) is 0 Å². The Kier molecular flexibility index (Phi) is 4.84. The molecule has 0 aliphatic heterocycles. The van der Waals surface area contributed by atoms with E-state index in [0.29, 0.717) is 5.56 Å². The average Bonchev–Trinajstić information content (AvgIpc) is 2.27. The van der Waals surface area contributed by atoms with Crippen molar-refractivity contribution in [3.63, 3.8) is 0 Å². The number of rotatable bonds is 5. The van der Waals surface area contributed by atoms with E-state index in [1.807, 2.05) is 25.1 Å². The summed E-state index contributed by atoms with van der Waals surface area (Å²) in [7, 11) is 0. The van der Waals surface area contributed by atoms with Crippen molar-refractivity contribution < 1.29 is 9.90 Å². The van der Waals surface area contributed by atoms with Crippen molar-refractivity contribution >= 4 is 5.91 Å². The number of benzene rings is 1. The number of carbonyl (C=O) groups is 1. The van der Waals surface area contributed by atoms with Gasteiger partial charge in [0.25, 0.3) is 5.91 Å². The quantitative estimate of drug-likeness (QED) is 0.770. The van der Waals surface area contributed by atoms with Gasteiger partial charge in [0.1, 0.15) is 0 Å². The Morgan fingerprint density at radius 1 is 1.40 bits per heavy atom. The van der Waals surface area contributed by atoms with E-state index in [0.717, 1.165) is 12.8 Å². The highest BCUT2D eigenvalue weighted by atomic mass is 16.2. The Bertz CT molecular complexity index is 298. The number of aliphatic hydroxyl groups is 1. The van der Waals surface area contributed by atoms with E-state index in [1.54, 1.807) is 12.1 Å². The summed E-state index contributed by atoms with van der Waals surface area (Å²) in [5.74, 6) is -0.0546. The van der Waals surface area contributed by atoms with Crippen molar-refractivity contribution in [2.75, 3.05) is 6.61 Å². The predicted octanol–water partition coefficient (Wildman–Crippen LogP) is 1.58. The van der Waals surface area contributed by atoms with E-state index < -0.39 is 0 Å². The third-order valence-electron chi connectivity index (χ3n) is 2.21. The summed E-state index contributed by atoms with van der Waals surface area (Å²) in [6.07, 6.45) is 1.52. The number of carbonyl (C=O) groups excluding carboxylic acids is 1. The van der Waals surface area contributed by atoms with Gasteiger partial charge in [-0.15, -0.1) is 0 Å². The van der Waals surface area contributed by atoms with Gasteiger partial charge in [0.15, 0.2) is 0 Å². The lowest BCUT2D eigenvalue weighted by atomic mass is 10.1. The molecule has 0 saturated heterocycles. The summed E-state index contributed by atoms with van der Waals surface area (Å²) < 4.78 is 0. The van der Waals surface area contributed by atoms with Crippen molar-refractivity contribution in [2.45, 2.75) is 25.8 Å². The van der Waals surface area contributed by atoms with Gasteiger partial charge >= 0.3 is 0 Å². The summed E-state index contributed by atoms with van der Waals surface area (Å²) in [5, 5.41) is 11.5. The van der Waals surface area contributed by atoms with E-state index in [9.17, 15) is 4.79 Å². The molecule has 0 aromatic heterocycles. The summed E-state index contributed by atoms with van der Waals surface area (Å²) in [5.41, 5.74) is 0.674. The highest BCUT2D eigenvalue weighted by Crippen LogP contribution is 2.01. The largest absolute Gasteiger partial charge is 0.396 e. The molecule has 1 aromatic carbocycles.